The fourth-order valence-electron chi connectivity index (χ4n) is 2.39. The summed E-state index contributed by atoms with van der Waals surface area (Å²) in [6.07, 6.45) is 0.713. The van der Waals surface area contributed by atoms with Crippen molar-refractivity contribution in [3.05, 3.63) is 47.6 Å². The molecule has 2 heterocycles. The highest BCUT2D eigenvalue weighted by atomic mass is 32.2. The summed E-state index contributed by atoms with van der Waals surface area (Å²) in [5.41, 5.74) is 7.38. The third-order valence-electron chi connectivity index (χ3n) is 3.52. The van der Waals surface area contributed by atoms with E-state index in [9.17, 15) is 0 Å². The number of aromatic nitrogens is 2. The Hall–Kier alpha value is -0.980. The highest BCUT2D eigenvalue weighted by molar-refractivity contribution is 8.06. The molecule has 1 aromatic heterocycles. The molecule has 2 unspecified atom stereocenters. The van der Waals surface area contributed by atoms with Crippen molar-refractivity contribution in [2.75, 3.05) is 11.5 Å². The second kappa shape index (κ2) is 6.85. The number of hydrogen-bond donors (Lipinski definition) is 1. The summed E-state index contributed by atoms with van der Waals surface area (Å²) in [5.74, 6) is 3.66. The van der Waals surface area contributed by atoms with Crippen LogP contribution >= 0.6 is 23.5 Å². The summed E-state index contributed by atoms with van der Waals surface area (Å²) in [6, 6.07) is 9.90. The quantitative estimate of drug-likeness (QED) is 0.933. The van der Waals surface area contributed by atoms with Gasteiger partial charge in [0.1, 0.15) is 0 Å². The second-order valence-corrected chi connectivity index (χ2v) is 7.89. The van der Waals surface area contributed by atoms with E-state index in [1.54, 1.807) is 0 Å². The molecule has 1 fully saturated rings. The monoisotopic (exact) mass is 321 g/mol. The lowest BCUT2D eigenvalue weighted by atomic mass is 10.1. The standard InChI is InChI=1S/C15H19N3OS2/c1-10-13(21-8-7-20-10)14-17-15(19-18-14)12(16)9-11-5-3-2-4-6-11/h2-6,10,12-13H,7-9,16H2,1H3/t10?,12-,13?/m0/s1. The van der Waals surface area contributed by atoms with Crippen molar-refractivity contribution in [1.29, 1.82) is 0 Å². The highest BCUT2D eigenvalue weighted by Crippen LogP contribution is 2.41. The van der Waals surface area contributed by atoms with Crippen LogP contribution in [0.3, 0.4) is 0 Å². The molecule has 2 N–H and O–H groups in total. The summed E-state index contributed by atoms with van der Waals surface area (Å²) >= 11 is 3.87. The summed E-state index contributed by atoms with van der Waals surface area (Å²) in [4.78, 5) is 4.54. The maximum absolute atomic E-state index is 6.20. The summed E-state index contributed by atoms with van der Waals surface area (Å²) in [7, 11) is 0. The molecule has 0 amide bonds. The van der Waals surface area contributed by atoms with Gasteiger partial charge in [-0.3, -0.25) is 0 Å². The van der Waals surface area contributed by atoms with E-state index in [2.05, 4.69) is 29.2 Å². The SMILES string of the molecule is CC1SCCSC1c1noc([C@@H](N)Cc2ccccc2)n1. The van der Waals surface area contributed by atoms with Crippen LogP contribution in [-0.4, -0.2) is 26.9 Å². The number of thioether (sulfide) groups is 2. The second-order valence-electron chi connectivity index (χ2n) is 5.15. The molecule has 6 heteroatoms. The van der Waals surface area contributed by atoms with Gasteiger partial charge in [0.2, 0.25) is 5.89 Å². The van der Waals surface area contributed by atoms with Gasteiger partial charge in [-0.15, -0.1) is 11.8 Å². The van der Waals surface area contributed by atoms with Crippen LogP contribution < -0.4 is 5.73 Å². The van der Waals surface area contributed by atoms with Gasteiger partial charge in [-0.2, -0.15) is 16.7 Å². The zero-order valence-electron chi connectivity index (χ0n) is 11.9. The summed E-state index contributed by atoms with van der Waals surface area (Å²) < 4.78 is 5.39. The van der Waals surface area contributed by atoms with Gasteiger partial charge in [0.05, 0.1) is 11.3 Å². The van der Waals surface area contributed by atoms with Crippen LogP contribution in [0.25, 0.3) is 0 Å². The molecule has 1 aliphatic heterocycles. The maximum atomic E-state index is 6.20. The van der Waals surface area contributed by atoms with Gasteiger partial charge in [-0.1, -0.05) is 42.4 Å². The number of benzene rings is 1. The molecule has 1 aliphatic rings. The third kappa shape index (κ3) is 3.62. The molecule has 1 aromatic carbocycles. The van der Waals surface area contributed by atoms with Crippen LogP contribution in [0.4, 0.5) is 0 Å². The van der Waals surface area contributed by atoms with Gasteiger partial charge in [-0.25, -0.2) is 0 Å². The minimum Gasteiger partial charge on any atom is -0.338 e. The molecule has 1 saturated heterocycles. The molecule has 21 heavy (non-hydrogen) atoms. The first-order chi connectivity index (χ1) is 10.2. The first-order valence-corrected chi connectivity index (χ1v) is 9.20. The average molecular weight is 321 g/mol. The average Bonchev–Trinajstić information content (AvgIpc) is 2.98. The molecule has 0 spiro atoms. The minimum absolute atomic E-state index is 0.245. The van der Waals surface area contributed by atoms with Crippen molar-refractivity contribution in [1.82, 2.24) is 10.1 Å². The molecule has 3 rings (SSSR count). The van der Waals surface area contributed by atoms with Gasteiger partial charge in [0.15, 0.2) is 5.82 Å². The normalized spacial score (nSPS) is 23.9. The van der Waals surface area contributed by atoms with E-state index in [1.807, 2.05) is 41.7 Å². The zero-order valence-corrected chi connectivity index (χ0v) is 13.6. The number of nitrogens with two attached hydrogens (primary N) is 1. The van der Waals surface area contributed by atoms with Gasteiger partial charge in [0, 0.05) is 16.8 Å². The van der Waals surface area contributed by atoms with E-state index < -0.39 is 0 Å². The van der Waals surface area contributed by atoms with Crippen molar-refractivity contribution in [3.63, 3.8) is 0 Å². The Morgan fingerprint density at radius 3 is 2.81 bits per heavy atom. The van der Waals surface area contributed by atoms with E-state index in [4.69, 9.17) is 10.3 Å². The Morgan fingerprint density at radius 1 is 1.29 bits per heavy atom. The number of hydrogen-bond acceptors (Lipinski definition) is 6. The lowest BCUT2D eigenvalue weighted by Crippen LogP contribution is -2.17. The Bertz CT molecular complexity index is 575. The van der Waals surface area contributed by atoms with Crippen molar-refractivity contribution >= 4 is 23.5 Å². The van der Waals surface area contributed by atoms with E-state index in [0.717, 1.165) is 11.6 Å². The van der Waals surface area contributed by atoms with Crippen molar-refractivity contribution in [2.45, 2.75) is 29.9 Å². The molecular formula is C15H19N3OS2. The Balaban J connectivity index is 1.69. The Morgan fingerprint density at radius 2 is 2.05 bits per heavy atom. The van der Waals surface area contributed by atoms with E-state index >= 15 is 0 Å². The zero-order chi connectivity index (χ0) is 14.7. The van der Waals surface area contributed by atoms with Crippen LogP contribution in [0.15, 0.2) is 34.9 Å². The Kier molecular flexibility index (Phi) is 4.87. The molecule has 0 saturated carbocycles. The van der Waals surface area contributed by atoms with E-state index in [-0.39, 0.29) is 6.04 Å². The molecule has 3 atom stereocenters. The predicted molar refractivity (Wildman–Crippen MR) is 88.5 cm³/mol. The first kappa shape index (κ1) is 14.9. The topological polar surface area (TPSA) is 64.9 Å². The molecule has 2 aromatic rings. The number of nitrogens with zero attached hydrogens (tertiary/aromatic N) is 2. The molecule has 0 aliphatic carbocycles. The molecular weight excluding hydrogens is 302 g/mol. The number of rotatable bonds is 4. The smallest absolute Gasteiger partial charge is 0.243 e. The van der Waals surface area contributed by atoms with Gasteiger partial charge < -0.3 is 10.3 Å². The van der Waals surface area contributed by atoms with Crippen molar-refractivity contribution in [3.8, 4) is 0 Å². The fraction of sp³-hybridized carbons (Fsp3) is 0.467. The van der Waals surface area contributed by atoms with Crippen LogP contribution in [0.2, 0.25) is 0 Å². The van der Waals surface area contributed by atoms with Crippen LogP contribution in [0.1, 0.15) is 35.5 Å². The maximum Gasteiger partial charge on any atom is 0.243 e. The van der Waals surface area contributed by atoms with Gasteiger partial charge in [-0.05, 0) is 12.0 Å². The third-order valence-corrected chi connectivity index (χ3v) is 6.60. The van der Waals surface area contributed by atoms with Crippen LogP contribution in [0, 0.1) is 0 Å². The van der Waals surface area contributed by atoms with E-state index in [0.29, 0.717) is 22.8 Å². The van der Waals surface area contributed by atoms with Gasteiger partial charge in [0.25, 0.3) is 0 Å². The summed E-state index contributed by atoms with van der Waals surface area (Å²) in [5, 5.41) is 4.98. The highest BCUT2D eigenvalue weighted by Gasteiger charge is 2.29. The fourth-order valence-corrected chi connectivity index (χ4v) is 5.06. The van der Waals surface area contributed by atoms with Crippen molar-refractivity contribution < 1.29 is 4.52 Å². The molecule has 4 nitrogen and oxygen atoms in total. The van der Waals surface area contributed by atoms with Crippen LogP contribution in [-0.2, 0) is 6.42 Å². The molecule has 0 radical (unpaired) electrons. The Labute approximate surface area is 133 Å². The first-order valence-electron chi connectivity index (χ1n) is 7.10. The summed E-state index contributed by atoms with van der Waals surface area (Å²) in [6.45, 7) is 2.22. The predicted octanol–water partition coefficient (Wildman–Crippen LogP) is 3.22. The lowest BCUT2D eigenvalue weighted by Gasteiger charge is -2.24. The molecule has 0 bridgehead atoms. The van der Waals surface area contributed by atoms with Crippen molar-refractivity contribution in [2.24, 2.45) is 5.73 Å². The van der Waals surface area contributed by atoms with E-state index in [1.165, 1.54) is 11.3 Å². The van der Waals surface area contributed by atoms with Gasteiger partial charge >= 0.3 is 0 Å². The largest absolute Gasteiger partial charge is 0.338 e. The van der Waals surface area contributed by atoms with Crippen LogP contribution in [0.5, 0.6) is 0 Å². The molecule has 112 valence electrons. The minimum atomic E-state index is -0.245. The lowest BCUT2D eigenvalue weighted by molar-refractivity contribution is 0.350.